The van der Waals surface area contributed by atoms with Gasteiger partial charge in [-0.1, -0.05) is 11.3 Å². The molecule has 0 spiro atoms. The summed E-state index contributed by atoms with van der Waals surface area (Å²) in [5, 5.41) is 13.8. The van der Waals surface area contributed by atoms with Gasteiger partial charge in [-0.15, -0.1) is 5.10 Å². The normalized spacial score (nSPS) is 26.7. The number of nitrogens with two attached hydrogens (primary N) is 1. The highest BCUT2D eigenvalue weighted by Gasteiger charge is 2.46. The number of rotatable bonds is 7. The number of hydrogen-bond donors (Lipinski definition) is 3. The number of carbonyl (C=O) groups excluding carboxylic acids is 1. The van der Waals surface area contributed by atoms with Crippen molar-refractivity contribution in [3.63, 3.8) is 0 Å². The molecule has 0 aliphatic carbocycles. The van der Waals surface area contributed by atoms with Crippen LogP contribution in [0.3, 0.4) is 0 Å². The molecule has 160 valence electrons. The van der Waals surface area contributed by atoms with Crippen molar-refractivity contribution in [3.8, 4) is 11.5 Å². The number of hydrogen-bond acceptors (Lipinski definition) is 5. The molecule has 1 aromatic heterocycles. The Balaban J connectivity index is 1.16. The quantitative estimate of drug-likeness (QED) is 0.502. The molecule has 4 aliphatic heterocycles. The number of nitrogens with one attached hydrogen (secondary N) is 2. The first kappa shape index (κ1) is 19.3. The molecule has 6 rings (SSSR count). The Labute approximate surface area is 175 Å². The highest BCUT2D eigenvalue weighted by atomic mass is 16.7. The zero-order chi connectivity index (χ0) is 20.5. The van der Waals surface area contributed by atoms with Gasteiger partial charge in [0.25, 0.3) is 0 Å². The predicted octanol–water partition coefficient (Wildman–Crippen LogP) is -1.69. The third-order valence-corrected chi connectivity index (χ3v) is 6.70. The molecule has 0 saturated carbocycles. The zero-order valence-corrected chi connectivity index (χ0v) is 17.3. The number of piperidine rings is 3. The van der Waals surface area contributed by atoms with Gasteiger partial charge in [0, 0.05) is 19.4 Å². The minimum Gasteiger partial charge on any atom is -0.454 e. The smallest absolute Gasteiger partial charge is 0.231 e. The first-order valence-corrected chi connectivity index (χ1v) is 10.9. The highest BCUT2D eigenvalue weighted by Crippen LogP contribution is 2.32. The molecule has 30 heavy (non-hydrogen) atoms. The summed E-state index contributed by atoms with van der Waals surface area (Å²) in [6.45, 7) is 4.58. The maximum absolute atomic E-state index is 12.9. The SMILES string of the molecule is C[NH2+]Cc1cn(C[C@H]2C[C@@H]3CC[NH+]2C[C@@H]3C(=O)NCc2ccc3c(c2)OCO3)nn1. The second kappa shape index (κ2) is 8.23. The van der Waals surface area contributed by atoms with Gasteiger partial charge in [-0.25, -0.2) is 4.68 Å². The van der Waals surface area contributed by atoms with E-state index in [0.29, 0.717) is 18.5 Å². The molecule has 2 aromatic rings. The van der Waals surface area contributed by atoms with E-state index in [4.69, 9.17) is 9.47 Å². The van der Waals surface area contributed by atoms with E-state index in [1.54, 1.807) is 0 Å². The summed E-state index contributed by atoms with van der Waals surface area (Å²) >= 11 is 0. The number of carbonyl (C=O) groups is 1. The number of amides is 1. The zero-order valence-electron chi connectivity index (χ0n) is 17.3. The van der Waals surface area contributed by atoms with Crippen LogP contribution < -0.4 is 25.0 Å². The Morgan fingerprint density at radius 3 is 3.10 bits per heavy atom. The fourth-order valence-corrected chi connectivity index (χ4v) is 5.15. The molecule has 9 nitrogen and oxygen atoms in total. The van der Waals surface area contributed by atoms with Crippen LogP contribution in [-0.4, -0.2) is 53.9 Å². The van der Waals surface area contributed by atoms with Gasteiger partial charge in [0.1, 0.15) is 18.3 Å². The van der Waals surface area contributed by atoms with Crippen LogP contribution in [0.25, 0.3) is 0 Å². The Hall–Kier alpha value is -2.65. The van der Waals surface area contributed by atoms with Gasteiger partial charge in [0.05, 0.1) is 38.8 Å². The molecule has 4 aliphatic rings. The fraction of sp³-hybridized carbons (Fsp3) is 0.571. The molecule has 3 fully saturated rings. The summed E-state index contributed by atoms with van der Waals surface area (Å²) in [7, 11) is 2.03. The largest absolute Gasteiger partial charge is 0.454 e. The van der Waals surface area contributed by atoms with Gasteiger partial charge in [-0.05, 0) is 23.6 Å². The molecule has 1 unspecified atom stereocenters. The number of quaternary nitrogens is 2. The number of ether oxygens (including phenoxy) is 2. The second-order valence-corrected chi connectivity index (χ2v) is 8.65. The maximum Gasteiger partial charge on any atom is 0.231 e. The van der Waals surface area contributed by atoms with Crippen LogP contribution in [0.2, 0.25) is 0 Å². The molecule has 3 saturated heterocycles. The van der Waals surface area contributed by atoms with E-state index >= 15 is 0 Å². The molecule has 2 bridgehead atoms. The van der Waals surface area contributed by atoms with Crippen LogP contribution in [0.4, 0.5) is 0 Å². The molecule has 4 atom stereocenters. The summed E-state index contributed by atoms with van der Waals surface area (Å²) in [6, 6.07) is 6.35. The second-order valence-electron chi connectivity index (χ2n) is 8.65. The lowest BCUT2D eigenvalue weighted by Gasteiger charge is -2.46. The summed E-state index contributed by atoms with van der Waals surface area (Å²) in [4.78, 5) is 14.5. The van der Waals surface area contributed by atoms with Crippen LogP contribution in [0.5, 0.6) is 11.5 Å². The van der Waals surface area contributed by atoms with Gasteiger partial charge in [0.2, 0.25) is 12.7 Å². The van der Waals surface area contributed by atoms with Crippen molar-refractivity contribution in [1.29, 1.82) is 0 Å². The predicted molar refractivity (Wildman–Crippen MR) is 107 cm³/mol. The van der Waals surface area contributed by atoms with Crippen molar-refractivity contribution >= 4 is 5.91 Å². The fourth-order valence-electron chi connectivity index (χ4n) is 5.15. The summed E-state index contributed by atoms with van der Waals surface area (Å²) < 4.78 is 12.8. The minimum atomic E-state index is 0.0972. The number of nitrogens with zero attached hydrogens (tertiary/aromatic N) is 3. The Kier molecular flexibility index (Phi) is 5.30. The third kappa shape index (κ3) is 3.87. The van der Waals surface area contributed by atoms with Gasteiger partial charge in [0.15, 0.2) is 11.5 Å². The van der Waals surface area contributed by atoms with Crippen molar-refractivity contribution in [2.75, 3.05) is 26.9 Å². The Morgan fingerprint density at radius 2 is 2.27 bits per heavy atom. The molecule has 9 heteroatoms. The van der Waals surface area contributed by atoms with Crippen molar-refractivity contribution < 1.29 is 24.5 Å². The van der Waals surface area contributed by atoms with Crippen molar-refractivity contribution in [2.45, 2.75) is 38.5 Å². The number of benzene rings is 1. The van der Waals surface area contributed by atoms with Crippen molar-refractivity contribution in [2.24, 2.45) is 11.8 Å². The molecule has 0 radical (unpaired) electrons. The lowest BCUT2D eigenvalue weighted by Crippen LogP contribution is -3.20. The van der Waals surface area contributed by atoms with E-state index in [1.807, 2.05) is 29.9 Å². The lowest BCUT2D eigenvalue weighted by atomic mass is 9.75. The first-order chi connectivity index (χ1) is 14.7. The van der Waals surface area contributed by atoms with E-state index in [1.165, 1.54) is 4.90 Å². The van der Waals surface area contributed by atoms with Crippen LogP contribution in [0, 0.1) is 11.8 Å². The number of fused-ring (bicyclic) bond motifs is 4. The van der Waals surface area contributed by atoms with Gasteiger partial charge in [-0.3, -0.25) is 4.79 Å². The van der Waals surface area contributed by atoms with E-state index in [-0.39, 0.29) is 18.6 Å². The first-order valence-electron chi connectivity index (χ1n) is 10.9. The topological polar surface area (TPSA) is 99.3 Å². The maximum atomic E-state index is 12.9. The van der Waals surface area contributed by atoms with Crippen LogP contribution in [0.15, 0.2) is 24.4 Å². The molecule has 4 N–H and O–H groups in total. The molecule has 1 amide bonds. The highest BCUT2D eigenvalue weighted by molar-refractivity contribution is 5.79. The third-order valence-electron chi connectivity index (χ3n) is 6.70. The molecular formula is C21H30N6O3+2. The van der Waals surface area contributed by atoms with E-state index < -0.39 is 0 Å². The van der Waals surface area contributed by atoms with Crippen molar-refractivity contribution in [3.05, 3.63) is 35.7 Å². The molecule has 5 heterocycles. The summed E-state index contributed by atoms with van der Waals surface area (Å²) in [6.07, 6.45) is 4.26. The van der Waals surface area contributed by atoms with Crippen molar-refractivity contribution in [1.82, 2.24) is 20.3 Å². The molecule has 1 aromatic carbocycles. The summed E-state index contributed by atoms with van der Waals surface area (Å²) in [5.74, 6) is 2.25. The van der Waals surface area contributed by atoms with Gasteiger partial charge in [-0.2, -0.15) is 0 Å². The van der Waals surface area contributed by atoms with Crippen LogP contribution in [0.1, 0.15) is 24.1 Å². The molecular weight excluding hydrogens is 384 g/mol. The summed E-state index contributed by atoms with van der Waals surface area (Å²) in [5.41, 5.74) is 2.05. The van der Waals surface area contributed by atoms with Gasteiger partial charge >= 0.3 is 0 Å². The Morgan fingerprint density at radius 1 is 1.37 bits per heavy atom. The standard InChI is InChI=1S/C21H28N6O3/c1-22-9-16-10-27(25-24-16)11-17-7-15-4-5-26(17)12-18(15)21(28)23-8-14-2-3-19-20(6-14)30-13-29-19/h2-3,6,10,15,17-18,22H,4-5,7-9,11-13H2,1H3,(H,23,28)/p+2/t15-,17+,18-/m0/s1. The monoisotopic (exact) mass is 414 g/mol. The Bertz CT molecular complexity index is 916. The van der Waals surface area contributed by atoms with E-state index in [2.05, 4.69) is 27.1 Å². The average molecular weight is 415 g/mol. The minimum absolute atomic E-state index is 0.0972. The van der Waals surface area contributed by atoms with Gasteiger partial charge < -0.3 is 25.0 Å². The average Bonchev–Trinajstić information content (AvgIpc) is 3.41. The van der Waals surface area contributed by atoms with E-state index in [9.17, 15) is 4.79 Å². The number of aromatic nitrogens is 3. The van der Waals surface area contributed by atoms with E-state index in [0.717, 1.165) is 61.8 Å². The van der Waals surface area contributed by atoms with Crippen LogP contribution in [-0.2, 0) is 24.4 Å². The van der Waals surface area contributed by atoms with Crippen LogP contribution >= 0.6 is 0 Å². The lowest BCUT2D eigenvalue weighted by molar-refractivity contribution is -0.945.